The van der Waals surface area contributed by atoms with Crippen molar-refractivity contribution in [3.8, 4) is 0 Å². The molecule has 22 heavy (non-hydrogen) atoms. The zero-order valence-electron chi connectivity index (χ0n) is 12.5. The first kappa shape index (κ1) is 15.4. The zero-order chi connectivity index (χ0) is 15.7. The van der Waals surface area contributed by atoms with E-state index in [0.717, 1.165) is 17.2 Å². The van der Waals surface area contributed by atoms with Gasteiger partial charge in [0.25, 0.3) is 0 Å². The lowest BCUT2D eigenvalue weighted by atomic mass is 10.2. The quantitative estimate of drug-likeness (QED) is 0.785. The molecule has 116 valence electrons. The fourth-order valence-electron chi connectivity index (χ4n) is 2.21. The number of benzene rings is 1. The maximum Gasteiger partial charge on any atom is 0.225 e. The predicted molar refractivity (Wildman–Crippen MR) is 92.5 cm³/mol. The van der Waals surface area contributed by atoms with Crippen molar-refractivity contribution in [2.45, 2.75) is 38.6 Å². The predicted octanol–water partition coefficient (Wildman–Crippen LogP) is 5.22. The molecule has 1 aromatic carbocycles. The summed E-state index contributed by atoms with van der Waals surface area (Å²) in [4.78, 5) is 9.12. The first-order valence-electron chi connectivity index (χ1n) is 7.38. The van der Waals surface area contributed by atoms with Gasteiger partial charge in [0, 0.05) is 33.8 Å². The van der Waals surface area contributed by atoms with Crippen LogP contribution in [0.3, 0.4) is 0 Å². The van der Waals surface area contributed by atoms with Gasteiger partial charge in [-0.15, -0.1) is 0 Å². The van der Waals surface area contributed by atoms with Gasteiger partial charge < -0.3 is 10.6 Å². The number of rotatable bonds is 5. The second kappa shape index (κ2) is 6.31. The standard InChI is InChI=1S/C16H18Cl2N4/c1-9(2)19-16-21-14(10-3-4-10)8-15(22-16)20-13-6-11(17)5-12(18)7-13/h5-10H,3-4H2,1-2H3,(H2,19,20,21,22). The van der Waals surface area contributed by atoms with Crippen molar-refractivity contribution < 1.29 is 0 Å². The van der Waals surface area contributed by atoms with Gasteiger partial charge in [0.05, 0.1) is 5.69 Å². The van der Waals surface area contributed by atoms with Gasteiger partial charge in [0.2, 0.25) is 5.95 Å². The third kappa shape index (κ3) is 4.02. The molecule has 1 fully saturated rings. The Labute approximate surface area is 140 Å². The number of hydrogen-bond acceptors (Lipinski definition) is 4. The summed E-state index contributed by atoms with van der Waals surface area (Å²) in [7, 11) is 0. The molecule has 2 aromatic rings. The molecule has 0 saturated heterocycles. The summed E-state index contributed by atoms with van der Waals surface area (Å²) in [6, 6.07) is 7.63. The van der Waals surface area contributed by atoms with E-state index in [9.17, 15) is 0 Å². The number of hydrogen-bond donors (Lipinski definition) is 2. The minimum absolute atomic E-state index is 0.280. The van der Waals surface area contributed by atoms with E-state index in [-0.39, 0.29) is 6.04 Å². The molecule has 0 unspecified atom stereocenters. The molecule has 1 aliphatic rings. The van der Waals surface area contributed by atoms with Gasteiger partial charge in [-0.2, -0.15) is 4.98 Å². The minimum atomic E-state index is 0.280. The van der Waals surface area contributed by atoms with Crippen LogP contribution in [0.25, 0.3) is 0 Å². The van der Waals surface area contributed by atoms with Crippen molar-refractivity contribution in [2.75, 3.05) is 10.6 Å². The molecule has 4 nitrogen and oxygen atoms in total. The molecule has 3 rings (SSSR count). The number of aromatic nitrogens is 2. The van der Waals surface area contributed by atoms with Gasteiger partial charge in [0.15, 0.2) is 0 Å². The molecule has 1 aromatic heterocycles. The van der Waals surface area contributed by atoms with Gasteiger partial charge in [-0.05, 0) is 44.9 Å². The highest BCUT2D eigenvalue weighted by Crippen LogP contribution is 2.40. The number of nitrogens with zero attached hydrogens (tertiary/aromatic N) is 2. The van der Waals surface area contributed by atoms with Crippen LogP contribution in [0.5, 0.6) is 0 Å². The normalized spacial score (nSPS) is 14.2. The number of anilines is 3. The average Bonchev–Trinajstić information content (AvgIpc) is 3.20. The van der Waals surface area contributed by atoms with Crippen LogP contribution < -0.4 is 10.6 Å². The highest BCUT2D eigenvalue weighted by molar-refractivity contribution is 6.35. The third-order valence-electron chi connectivity index (χ3n) is 3.29. The maximum absolute atomic E-state index is 6.04. The van der Waals surface area contributed by atoms with Crippen molar-refractivity contribution in [1.29, 1.82) is 0 Å². The molecule has 6 heteroatoms. The molecule has 0 spiro atoms. The lowest BCUT2D eigenvalue weighted by Gasteiger charge is -2.13. The molecule has 1 heterocycles. The van der Waals surface area contributed by atoms with Gasteiger partial charge in [-0.1, -0.05) is 23.2 Å². The fraction of sp³-hybridized carbons (Fsp3) is 0.375. The Morgan fingerprint density at radius 1 is 1.05 bits per heavy atom. The highest BCUT2D eigenvalue weighted by atomic mass is 35.5. The molecular weight excluding hydrogens is 319 g/mol. The van der Waals surface area contributed by atoms with Gasteiger partial charge >= 0.3 is 0 Å². The Morgan fingerprint density at radius 3 is 2.32 bits per heavy atom. The average molecular weight is 337 g/mol. The SMILES string of the molecule is CC(C)Nc1nc(Nc2cc(Cl)cc(Cl)c2)cc(C2CC2)n1. The van der Waals surface area contributed by atoms with Crippen LogP contribution in [-0.4, -0.2) is 16.0 Å². The van der Waals surface area contributed by atoms with Crippen LogP contribution in [0.15, 0.2) is 24.3 Å². The lowest BCUT2D eigenvalue weighted by Crippen LogP contribution is -2.14. The molecule has 1 saturated carbocycles. The Balaban J connectivity index is 1.89. The molecule has 2 N–H and O–H groups in total. The molecular formula is C16H18Cl2N4. The van der Waals surface area contributed by atoms with E-state index in [1.54, 1.807) is 6.07 Å². The van der Waals surface area contributed by atoms with Crippen LogP contribution in [-0.2, 0) is 0 Å². The number of nitrogens with one attached hydrogen (secondary N) is 2. The Kier molecular flexibility index (Phi) is 4.41. The largest absolute Gasteiger partial charge is 0.352 e. The second-order valence-electron chi connectivity index (χ2n) is 5.86. The summed E-state index contributed by atoms with van der Waals surface area (Å²) in [5.74, 6) is 1.95. The summed E-state index contributed by atoms with van der Waals surface area (Å²) >= 11 is 12.1. The zero-order valence-corrected chi connectivity index (χ0v) is 14.0. The monoisotopic (exact) mass is 336 g/mol. The Bertz CT molecular complexity index is 664. The van der Waals surface area contributed by atoms with Crippen molar-refractivity contribution in [3.63, 3.8) is 0 Å². The van der Waals surface area contributed by atoms with E-state index in [1.165, 1.54) is 12.8 Å². The molecule has 1 aliphatic carbocycles. The molecule has 0 amide bonds. The summed E-state index contributed by atoms with van der Waals surface area (Å²) in [5, 5.41) is 7.70. The molecule has 0 atom stereocenters. The van der Waals surface area contributed by atoms with Crippen LogP contribution in [0, 0.1) is 0 Å². The van der Waals surface area contributed by atoms with Crippen molar-refractivity contribution in [3.05, 3.63) is 40.0 Å². The molecule has 0 bridgehead atoms. The summed E-state index contributed by atoms with van der Waals surface area (Å²) < 4.78 is 0. The fourth-order valence-corrected chi connectivity index (χ4v) is 2.74. The smallest absolute Gasteiger partial charge is 0.225 e. The van der Waals surface area contributed by atoms with Crippen LogP contribution in [0.4, 0.5) is 17.5 Å². The van der Waals surface area contributed by atoms with Crippen LogP contribution in [0.2, 0.25) is 10.0 Å². The van der Waals surface area contributed by atoms with E-state index in [0.29, 0.717) is 21.9 Å². The van der Waals surface area contributed by atoms with E-state index in [2.05, 4.69) is 34.4 Å². The summed E-state index contributed by atoms with van der Waals surface area (Å²) in [6.07, 6.45) is 2.39. The van der Waals surface area contributed by atoms with Gasteiger partial charge in [-0.25, -0.2) is 4.98 Å². The van der Waals surface area contributed by atoms with Crippen molar-refractivity contribution >= 4 is 40.7 Å². The second-order valence-corrected chi connectivity index (χ2v) is 6.73. The van der Waals surface area contributed by atoms with Crippen LogP contribution >= 0.6 is 23.2 Å². The van der Waals surface area contributed by atoms with E-state index in [1.807, 2.05) is 18.2 Å². The van der Waals surface area contributed by atoms with E-state index < -0.39 is 0 Å². The van der Waals surface area contributed by atoms with E-state index in [4.69, 9.17) is 23.2 Å². The van der Waals surface area contributed by atoms with Gasteiger partial charge in [0.1, 0.15) is 5.82 Å². The Hall–Kier alpha value is -1.52. The minimum Gasteiger partial charge on any atom is -0.352 e. The first-order valence-corrected chi connectivity index (χ1v) is 8.14. The topological polar surface area (TPSA) is 49.8 Å². The van der Waals surface area contributed by atoms with Crippen LogP contribution in [0.1, 0.15) is 38.3 Å². The maximum atomic E-state index is 6.04. The van der Waals surface area contributed by atoms with Crippen molar-refractivity contribution in [2.24, 2.45) is 0 Å². The lowest BCUT2D eigenvalue weighted by molar-refractivity contribution is 0.864. The van der Waals surface area contributed by atoms with Gasteiger partial charge in [-0.3, -0.25) is 0 Å². The highest BCUT2D eigenvalue weighted by Gasteiger charge is 2.26. The first-order chi connectivity index (χ1) is 10.5. The molecule has 0 radical (unpaired) electrons. The third-order valence-corrected chi connectivity index (χ3v) is 3.73. The summed E-state index contributed by atoms with van der Waals surface area (Å²) in [5.41, 5.74) is 1.89. The number of halogens is 2. The Morgan fingerprint density at radius 2 is 1.73 bits per heavy atom. The van der Waals surface area contributed by atoms with Crippen molar-refractivity contribution in [1.82, 2.24) is 9.97 Å². The molecule has 0 aliphatic heterocycles. The van der Waals surface area contributed by atoms with E-state index >= 15 is 0 Å². The summed E-state index contributed by atoms with van der Waals surface area (Å²) in [6.45, 7) is 4.13.